The van der Waals surface area contributed by atoms with Crippen molar-refractivity contribution in [2.75, 3.05) is 20.8 Å². The zero-order chi connectivity index (χ0) is 20.7. The van der Waals surface area contributed by atoms with Gasteiger partial charge in [-0.15, -0.1) is 5.92 Å². The minimum absolute atomic E-state index is 0.00870. The van der Waals surface area contributed by atoms with Crippen molar-refractivity contribution in [2.24, 2.45) is 11.3 Å². The van der Waals surface area contributed by atoms with Gasteiger partial charge >= 0.3 is 5.97 Å². The first kappa shape index (κ1) is 22.5. The summed E-state index contributed by atoms with van der Waals surface area (Å²) < 4.78 is 10.3. The van der Waals surface area contributed by atoms with Crippen molar-refractivity contribution in [1.29, 1.82) is 0 Å². The fraction of sp³-hybridized carbons (Fsp3) is 0.565. The van der Waals surface area contributed by atoms with E-state index in [1.54, 1.807) is 20.1 Å². The number of ketones is 1. The number of halogens is 1. The van der Waals surface area contributed by atoms with Crippen LogP contribution in [0.4, 0.5) is 0 Å². The molecule has 0 N–H and O–H groups in total. The molecule has 0 amide bonds. The molecule has 1 aromatic rings. The summed E-state index contributed by atoms with van der Waals surface area (Å²) in [5.41, 5.74) is 1.96. The van der Waals surface area contributed by atoms with Crippen LogP contribution in [-0.2, 0) is 31.9 Å². The number of rotatable bonds is 8. The van der Waals surface area contributed by atoms with Crippen LogP contribution in [0.1, 0.15) is 56.2 Å². The van der Waals surface area contributed by atoms with Crippen LogP contribution < -0.4 is 0 Å². The Morgan fingerprint density at radius 3 is 2.68 bits per heavy atom. The number of Topliss-reactive ketones (excluding diaryl/α,β-unsaturated/α-hetero) is 1. The van der Waals surface area contributed by atoms with Gasteiger partial charge in [0.1, 0.15) is 5.78 Å². The van der Waals surface area contributed by atoms with Crippen LogP contribution in [0, 0.1) is 23.2 Å². The van der Waals surface area contributed by atoms with E-state index < -0.39 is 5.41 Å². The second-order valence-electron chi connectivity index (χ2n) is 7.55. The third kappa shape index (κ3) is 5.16. The number of methoxy groups -OCH3 is 2. The van der Waals surface area contributed by atoms with E-state index in [1.807, 2.05) is 13.0 Å². The maximum absolute atomic E-state index is 13.0. The molecule has 0 saturated heterocycles. The molecular weight excluding hydrogens is 376 g/mol. The zero-order valence-electron chi connectivity index (χ0n) is 17.2. The second-order valence-corrected chi connectivity index (χ2v) is 7.96. The Morgan fingerprint density at radius 1 is 1.32 bits per heavy atom. The number of benzene rings is 1. The molecule has 2 unspecified atom stereocenters. The number of hydrogen-bond donors (Lipinski definition) is 0. The maximum Gasteiger partial charge on any atom is 0.312 e. The van der Waals surface area contributed by atoms with Gasteiger partial charge in [0.25, 0.3) is 0 Å². The first-order chi connectivity index (χ1) is 13.4. The van der Waals surface area contributed by atoms with Gasteiger partial charge in [-0.3, -0.25) is 9.59 Å². The molecule has 28 heavy (non-hydrogen) atoms. The van der Waals surface area contributed by atoms with Crippen molar-refractivity contribution in [3.8, 4) is 11.8 Å². The topological polar surface area (TPSA) is 52.6 Å². The summed E-state index contributed by atoms with van der Waals surface area (Å²) in [4.78, 5) is 25.5. The van der Waals surface area contributed by atoms with Crippen LogP contribution >= 0.6 is 11.6 Å². The smallest absolute Gasteiger partial charge is 0.312 e. The first-order valence-corrected chi connectivity index (χ1v) is 10.1. The van der Waals surface area contributed by atoms with Gasteiger partial charge < -0.3 is 9.47 Å². The van der Waals surface area contributed by atoms with E-state index in [-0.39, 0.29) is 30.5 Å². The molecule has 1 aliphatic rings. The first-order valence-electron chi connectivity index (χ1n) is 9.72. The average molecular weight is 405 g/mol. The van der Waals surface area contributed by atoms with Crippen molar-refractivity contribution < 1.29 is 19.1 Å². The summed E-state index contributed by atoms with van der Waals surface area (Å²) in [7, 11) is 3.04. The quantitative estimate of drug-likeness (QED) is 0.476. The molecule has 0 radical (unpaired) electrons. The standard InChI is InChI=1S/C23H29ClO4/c1-5-7-16-10-18(6-2)20(21(24)11-16)12-19(25)14-23(22(26)28-4)9-8-17(13-23)15-27-3/h10-11,17H,6,8-9,12-15H2,1-4H3. The molecule has 5 heteroatoms. The molecule has 0 bridgehead atoms. The van der Waals surface area contributed by atoms with Crippen LogP contribution in [0.2, 0.25) is 5.02 Å². The van der Waals surface area contributed by atoms with Crippen molar-refractivity contribution in [1.82, 2.24) is 0 Å². The summed E-state index contributed by atoms with van der Waals surface area (Å²) in [6.07, 6.45) is 3.30. The van der Waals surface area contributed by atoms with Gasteiger partial charge in [0.15, 0.2) is 0 Å². The van der Waals surface area contributed by atoms with Gasteiger partial charge in [0.05, 0.1) is 12.5 Å². The number of carbonyl (C=O) groups excluding carboxylic acids is 2. The van der Waals surface area contributed by atoms with Crippen molar-refractivity contribution >= 4 is 23.4 Å². The molecule has 4 nitrogen and oxygen atoms in total. The fourth-order valence-electron chi connectivity index (χ4n) is 4.31. The highest BCUT2D eigenvalue weighted by molar-refractivity contribution is 6.31. The molecule has 1 aromatic carbocycles. The molecule has 1 fully saturated rings. The van der Waals surface area contributed by atoms with Crippen LogP contribution in [-0.4, -0.2) is 32.6 Å². The van der Waals surface area contributed by atoms with E-state index in [4.69, 9.17) is 21.1 Å². The summed E-state index contributed by atoms with van der Waals surface area (Å²) in [6.45, 7) is 4.41. The normalized spacial score (nSPS) is 21.1. The highest BCUT2D eigenvalue weighted by Gasteiger charge is 2.47. The van der Waals surface area contributed by atoms with E-state index in [0.717, 1.165) is 29.5 Å². The lowest BCUT2D eigenvalue weighted by molar-refractivity contribution is -0.155. The van der Waals surface area contributed by atoms with Gasteiger partial charge in [-0.05, 0) is 61.8 Å². The number of aryl methyl sites for hydroxylation is 1. The number of esters is 1. The van der Waals surface area contributed by atoms with E-state index in [9.17, 15) is 9.59 Å². The summed E-state index contributed by atoms with van der Waals surface area (Å²) in [6, 6.07) is 3.80. The lowest BCUT2D eigenvalue weighted by atomic mass is 9.79. The molecule has 1 aliphatic carbocycles. The van der Waals surface area contributed by atoms with Crippen LogP contribution in [0.25, 0.3) is 0 Å². The highest BCUT2D eigenvalue weighted by Crippen LogP contribution is 2.46. The number of hydrogen-bond acceptors (Lipinski definition) is 4. The van der Waals surface area contributed by atoms with Crippen molar-refractivity contribution in [3.63, 3.8) is 0 Å². The van der Waals surface area contributed by atoms with Crippen molar-refractivity contribution in [2.45, 2.75) is 52.4 Å². The molecule has 2 atom stereocenters. The molecule has 0 spiro atoms. The van der Waals surface area contributed by atoms with Crippen molar-refractivity contribution in [3.05, 3.63) is 33.8 Å². The largest absolute Gasteiger partial charge is 0.469 e. The minimum atomic E-state index is -0.749. The maximum atomic E-state index is 13.0. The predicted molar refractivity (Wildman–Crippen MR) is 110 cm³/mol. The Balaban J connectivity index is 2.21. The summed E-state index contributed by atoms with van der Waals surface area (Å²) in [5.74, 6) is 5.88. The minimum Gasteiger partial charge on any atom is -0.469 e. The molecule has 0 aliphatic heterocycles. The Kier molecular flexibility index (Phi) is 8.10. The molecule has 2 rings (SSSR count). The predicted octanol–water partition coefficient (Wildman–Crippen LogP) is 4.38. The monoisotopic (exact) mass is 404 g/mol. The van der Waals surface area contributed by atoms with E-state index in [0.29, 0.717) is 24.5 Å². The van der Waals surface area contributed by atoms with Crippen LogP contribution in [0.5, 0.6) is 0 Å². The Bertz CT molecular complexity index is 790. The zero-order valence-corrected chi connectivity index (χ0v) is 17.9. The molecular formula is C23H29ClO4. The Hall–Kier alpha value is -1.83. The van der Waals surface area contributed by atoms with Gasteiger partial charge in [0, 0.05) is 37.1 Å². The van der Waals surface area contributed by atoms with E-state index in [1.165, 1.54) is 7.11 Å². The fourth-order valence-corrected chi connectivity index (χ4v) is 4.62. The Labute approximate surface area is 172 Å². The lowest BCUT2D eigenvalue weighted by Crippen LogP contribution is -2.33. The van der Waals surface area contributed by atoms with E-state index >= 15 is 0 Å². The molecule has 0 aromatic heterocycles. The third-order valence-electron chi connectivity index (χ3n) is 5.58. The number of ether oxygens (including phenoxy) is 2. The number of carbonyl (C=O) groups is 2. The van der Waals surface area contributed by atoms with Crippen LogP contribution in [0.15, 0.2) is 12.1 Å². The Morgan fingerprint density at radius 2 is 2.07 bits per heavy atom. The molecule has 1 saturated carbocycles. The second kappa shape index (κ2) is 10.1. The molecule has 152 valence electrons. The average Bonchev–Trinajstić information content (AvgIpc) is 3.07. The van der Waals surface area contributed by atoms with Crippen LogP contribution in [0.3, 0.4) is 0 Å². The van der Waals surface area contributed by atoms with Gasteiger partial charge in [0.2, 0.25) is 0 Å². The van der Waals surface area contributed by atoms with Gasteiger partial charge in [-0.2, -0.15) is 0 Å². The van der Waals surface area contributed by atoms with E-state index in [2.05, 4.69) is 11.8 Å². The SMILES string of the molecule is CC#Cc1cc(Cl)c(CC(=O)CC2(C(=O)OC)CCC(COC)C2)c(CC)c1. The molecule has 0 heterocycles. The summed E-state index contributed by atoms with van der Waals surface area (Å²) >= 11 is 6.47. The third-order valence-corrected chi connectivity index (χ3v) is 5.92. The van der Waals surface area contributed by atoms with Gasteiger partial charge in [-0.25, -0.2) is 0 Å². The lowest BCUT2D eigenvalue weighted by Gasteiger charge is -2.26. The highest BCUT2D eigenvalue weighted by atomic mass is 35.5. The summed E-state index contributed by atoms with van der Waals surface area (Å²) in [5, 5.41) is 0.557. The van der Waals surface area contributed by atoms with Gasteiger partial charge in [-0.1, -0.05) is 24.4 Å².